The second-order valence-electron chi connectivity index (χ2n) is 4.97. The zero-order valence-electron chi connectivity index (χ0n) is 12.5. The molecule has 8 heteroatoms. The van der Waals surface area contributed by atoms with Crippen LogP contribution < -0.4 is 14.8 Å². The van der Waals surface area contributed by atoms with Gasteiger partial charge in [-0.15, -0.1) is 0 Å². The predicted molar refractivity (Wildman–Crippen MR) is 78.4 cm³/mol. The molecule has 0 aliphatic carbocycles. The van der Waals surface area contributed by atoms with Gasteiger partial charge in [0.15, 0.2) is 9.84 Å². The lowest BCUT2D eigenvalue weighted by Gasteiger charge is -2.29. The van der Waals surface area contributed by atoms with E-state index in [0.717, 1.165) is 12.8 Å². The molecule has 2 heterocycles. The highest BCUT2D eigenvalue weighted by molar-refractivity contribution is 7.92. The molecule has 2 atom stereocenters. The fraction of sp³-hybridized carbons (Fsp3) is 0.692. The molecule has 2 rings (SSSR count). The van der Waals surface area contributed by atoms with Gasteiger partial charge in [0.2, 0.25) is 11.8 Å². The van der Waals surface area contributed by atoms with Gasteiger partial charge in [-0.1, -0.05) is 6.42 Å². The molecule has 0 saturated carbocycles. The van der Waals surface area contributed by atoms with Crippen LogP contribution in [0.2, 0.25) is 0 Å². The number of methoxy groups -OCH3 is 2. The largest absolute Gasteiger partial charge is 0.480 e. The lowest BCUT2D eigenvalue weighted by molar-refractivity contribution is 0.347. The Morgan fingerprint density at radius 3 is 2.67 bits per heavy atom. The summed E-state index contributed by atoms with van der Waals surface area (Å²) in [6, 6.07) is -0.441. The first-order valence-electron chi connectivity index (χ1n) is 6.87. The van der Waals surface area contributed by atoms with Crippen molar-refractivity contribution in [3.05, 3.63) is 11.9 Å². The van der Waals surface area contributed by atoms with E-state index in [1.54, 1.807) is 7.05 Å². The third-order valence-corrected chi connectivity index (χ3v) is 6.04. The van der Waals surface area contributed by atoms with Gasteiger partial charge in [-0.2, -0.15) is 4.98 Å². The van der Waals surface area contributed by atoms with Gasteiger partial charge in [0, 0.05) is 0 Å². The van der Waals surface area contributed by atoms with Gasteiger partial charge in [-0.3, -0.25) is 0 Å². The van der Waals surface area contributed by atoms with E-state index in [9.17, 15) is 8.42 Å². The average molecular weight is 315 g/mol. The van der Waals surface area contributed by atoms with Crippen molar-refractivity contribution in [2.75, 3.05) is 27.0 Å². The van der Waals surface area contributed by atoms with E-state index in [1.165, 1.54) is 20.4 Å². The Balaban J connectivity index is 2.41. The Kier molecular flexibility index (Phi) is 5.00. The average Bonchev–Trinajstić information content (AvgIpc) is 2.49. The summed E-state index contributed by atoms with van der Waals surface area (Å²) in [4.78, 5) is 8.47. The summed E-state index contributed by atoms with van der Waals surface area (Å²) < 4.78 is 34.9. The van der Waals surface area contributed by atoms with Gasteiger partial charge in [0.05, 0.1) is 37.5 Å². The lowest BCUT2D eigenvalue weighted by atomic mass is 10.0. The minimum atomic E-state index is -3.14. The third kappa shape index (κ3) is 3.26. The lowest BCUT2D eigenvalue weighted by Crippen LogP contribution is -2.40. The molecule has 0 spiro atoms. The van der Waals surface area contributed by atoms with E-state index in [4.69, 9.17) is 9.47 Å². The topological polar surface area (TPSA) is 90.4 Å². The van der Waals surface area contributed by atoms with Gasteiger partial charge >= 0.3 is 0 Å². The van der Waals surface area contributed by atoms with Crippen LogP contribution in [0.15, 0.2) is 6.20 Å². The third-order valence-electron chi connectivity index (χ3n) is 3.75. The Labute approximate surface area is 125 Å². The number of nitrogens with zero attached hydrogens (tertiary/aromatic N) is 2. The number of aromatic nitrogens is 2. The van der Waals surface area contributed by atoms with Crippen LogP contribution in [0.25, 0.3) is 0 Å². The van der Waals surface area contributed by atoms with Crippen molar-refractivity contribution in [2.45, 2.75) is 30.6 Å². The number of rotatable bonds is 5. The molecular formula is C13H21N3O4S. The second kappa shape index (κ2) is 6.57. The molecule has 1 aliphatic heterocycles. The number of hydrogen-bond donors (Lipinski definition) is 1. The van der Waals surface area contributed by atoms with E-state index in [0.29, 0.717) is 18.0 Å². The minimum Gasteiger partial charge on any atom is -0.480 e. The van der Waals surface area contributed by atoms with Crippen LogP contribution in [0.4, 0.5) is 0 Å². The van der Waals surface area contributed by atoms with Crippen LogP contribution in [0.5, 0.6) is 11.8 Å². The molecule has 21 heavy (non-hydrogen) atoms. The van der Waals surface area contributed by atoms with E-state index in [-0.39, 0.29) is 11.6 Å². The normalized spacial score (nSPS) is 22.5. The van der Waals surface area contributed by atoms with Crippen LogP contribution in [0.3, 0.4) is 0 Å². The zero-order valence-corrected chi connectivity index (χ0v) is 13.3. The maximum absolute atomic E-state index is 12.3. The van der Waals surface area contributed by atoms with Crippen LogP contribution in [-0.4, -0.2) is 50.7 Å². The Hall–Kier alpha value is -1.41. The van der Waals surface area contributed by atoms with Crippen molar-refractivity contribution < 1.29 is 17.9 Å². The summed E-state index contributed by atoms with van der Waals surface area (Å²) >= 11 is 0. The van der Waals surface area contributed by atoms with Crippen LogP contribution in [0.1, 0.15) is 31.0 Å². The van der Waals surface area contributed by atoms with Crippen molar-refractivity contribution in [1.82, 2.24) is 15.3 Å². The molecule has 1 aromatic rings. The maximum atomic E-state index is 12.3. The standard InChI is InChI=1S/C13H21N3O4S/c1-14-11(9-6-4-5-7-21(9,17)18)12-13(20-3)16-10(19-2)8-15-12/h8-9,11,14H,4-7H2,1-3H3. The molecule has 0 bridgehead atoms. The molecule has 7 nitrogen and oxygen atoms in total. The first-order valence-corrected chi connectivity index (χ1v) is 8.58. The van der Waals surface area contributed by atoms with E-state index < -0.39 is 21.1 Å². The first kappa shape index (κ1) is 16.0. The monoisotopic (exact) mass is 315 g/mol. The van der Waals surface area contributed by atoms with Crippen molar-refractivity contribution in [2.24, 2.45) is 0 Å². The number of sulfone groups is 1. The molecule has 0 aromatic carbocycles. The van der Waals surface area contributed by atoms with Crippen LogP contribution in [-0.2, 0) is 9.84 Å². The number of hydrogen-bond acceptors (Lipinski definition) is 7. The van der Waals surface area contributed by atoms with Gasteiger partial charge in [0.25, 0.3) is 0 Å². The highest BCUT2D eigenvalue weighted by atomic mass is 32.2. The van der Waals surface area contributed by atoms with Gasteiger partial charge in [-0.05, 0) is 19.9 Å². The fourth-order valence-electron chi connectivity index (χ4n) is 2.68. The minimum absolute atomic E-state index is 0.224. The van der Waals surface area contributed by atoms with Crippen molar-refractivity contribution in [3.8, 4) is 11.8 Å². The smallest absolute Gasteiger partial charge is 0.240 e. The maximum Gasteiger partial charge on any atom is 0.240 e. The Morgan fingerprint density at radius 2 is 2.10 bits per heavy atom. The summed E-state index contributed by atoms with van der Waals surface area (Å²) in [6.07, 6.45) is 3.71. The van der Waals surface area contributed by atoms with Gasteiger partial charge < -0.3 is 14.8 Å². The Morgan fingerprint density at radius 1 is 1.33 bits per heavy atom. The highest BCUT2D eigenvalue weighted by Gasteiger charge is 2.38. The van der Waals surface area contributed by atoms with E-state index in [1.807, 2.05) is 0 Å². The van der Waals surface area contributed by atoms with Gasteiger partial charge in [0.1, 0.15) is 5.69 Å². The second-order valence-corrected chi connectivity index (χ2v) is 7.31. The zero-order chi connectivity index (χ0) is 15.5. The molecule has 2 unspecified atom stereocenters. The van der Waals surface area contributed by atoms with Crippen molar-refractivity contribution >= 4 is 9.84 Å². The summed E-state index contributed by atoms with van der Waals surface area (Å²) in [6.45, 7) is 0. The molecule has 1 aromatic heterocycles. The van der Waals surface area contributed by atoms with Crippen molar-refractivity contribution in [1.29, 1.82) is 0 Å². The molecule has 1 aliphatic rings. The SMILES string of the molecule is CNC(c1ncc(OC)nc1OC)C1CCCCS1(=O)=O. The molecule has 118 valence electrons. The van der Waals surface area contributed by atoms with Crippen molar-refractivity contribution in [3.63, 3.8) is 0 Å². The van der Waals surface area contributed by atoms with Gasteiger partial charge in [-0.25, -0.2) is 13.4 Å². The Bertz CT molecular complexity index is 591. The van der Waals surface area contributed by atoms with Crippen LogP contribution >= 0.6 is 0 Å². The predicted octanol–water partition coefficient (Wildman–Crippen LogP) is 0.722. The van der Waals surface area contributed by atoms with E-state index >= 15 is 0 Å². The summed E-state index contributed by atoms with van der Waals surface area (Å²) in [5.74, 6) is 0.841. The van der Waals surface area contributed by atoms with E-state index in [2.05, 4.69) is 15.3 Å². The first-order chi connectivity index (χ1) is 10.0. The van der Waals surface area contributed by atoms with Crippen LogP contribution in [0, 0.1) is 0 Å². The molecular weight excluding hydrogens is 294 g/mol. The highest BCUT2D eigenvalue weighted by Crippen LogP contribution is 2.33. The molecule has 1 N–H and O–H groups in total. The molecule has 1 fully saturated rings. The number of nitrogens with one attached hydrogen (secondary N) is 1. The fourth-order valence-corrected chi connectivity index (χ4v) is 4.80. The summed E-state index contributed by atoms with van der Waals surface area (Å²) in [5, 5.41) is 2.55. The summed E-state index contributed by atoms with van der Waals surface area (Å²) in [7, 11) is 1.55. The molecule has 0 amide bonds. The summed E-state index contributed by atoms with van der Waals surface area (Å²) in [5.41, 5.74) is 0.497. The number of ether oxygens (including phenoxy) is 2. The molecule has 0 radical (unpaired) electrons. The quantitative estimate of drug-likeness (QED) is 0.856. The molecule has 1 saturated heterocycles.